The van der Waals surface area contributed by atoms with Crippen LogP contribution >= 0.6 is 14.5 Å². The van der Waals surface area contributed by atoms with Gasteiger partial charge in [0.2, 0.25) is 0 Å². The molecule has 0 aliphatic heterocycles. The third-order valence-electron chi connectivity index (χ3n) is 0. The van der Waals surface area contributed by atoms with Crippen LogP contribution in [-0.4, -0.2) is 0 Å². The molecule has 9 heavy (non-hydrogen) atoms. The molecule has 50 valence electrons. The monoisotopic (exact) mass is 288 g/mol. The normalized spacial score (nSPS) is 9.78. The predicted octanol–water partition coefficient (Wildman–Crippen LogP) is -0.901. The Morgan fingerprint density at radius 1 is 1.00 bits per heavy atom. The first-order valence-corrected chi connectivity index (χ1v) is 5.48. The fraction of sp³-hybridized carbons (Fsp3) is 0. The van der Waals surface area contributed by atoms with E-state index in [1.165, 1.54) is 0 Å². The van der Waals surface area contributed by atoms with Crippen LogP contribution in [0.5, 0.6) is 0 Å². The van der Waals surface area contributed by atoms with Crippen LogP contribution in [0.3, 0.4) is 0 Å². The smallest absolute Gasteiger partial charge is 0.614 e. The first kappa shape index (κ1) is 16.9. The van der Waals surface area contributed by atoms with Crippen molar-refractivity contribution >= 4 is 39.0 Å². The molecular formula is MoO4P2S2+2. The summed E-state index contributed by atoms with van der Waals surface area (Å²) in [6, 6.07) is 0. The van der Waals surface area contributed by atoms with Crippen molar-refractivity contribution in [1.82, 2.24) is 0 Å². The molecule has 0 N–H and O–H groups in total. The molecule has 0 aromatic carbocycles. The summed E-state index contributed by atoms with van der Waals surface area (Å²) >= 11 is 7.15. The van der Waals surface area contributed by atoms with Gasteiger partial charge in [-0.05, 0) is 0 Å². The van der Waals surface area contributed by atoms with Crippen molar-refractivity contribution in [3.8, 4) is 0 Å². The van der Waals surface area contributed by atoms with Crippen molar-refractivity contribution in [3.63, 3.8) is 0 Å². The Morgan fingerprint density at radius 2 is 1.00 bits per heavy atom. The molecule has 0 aromatic heterocycles. The van der Waals surface area contributed by atoms with Crippen molar-refractivity contribution in [2.24, 2.45) is 0 Å². The van der Waals surface area contributed by atoms with Crippen molar-refractivity contribution in [2.45, 2.75) is 0 Å². The van der Waals surface area contributed by atoms with Gasteiger partial charge in [-0.1, -0.05) is 0 Å². The van der Waals surface area contributed by atoms with Crippen LogP contribution < -0.4 is 9.79 Å². The van der Waals surface area contributed by atoms with E-state index in [9.17, 15) is 0 Å². The first-order chi connectivity index (χ1) is 3.46. The summed E-state index contributed by atoms with van der Waals surface area (Å²) in [5.74, 6) is 0. The molecule has 0 aromatic rings. The Labute approximate surface area is 78.7 Å². The summed E-state index contributed by atoms with van der Waals surface area (Å²) in [4.78, 5) is 17.7. The van der Waals surface area contributed by atoms with Crippen molar-refractivity contribution in [3.05, 3.63) is 0 Å². The van der Waals surface area contributed by atoms with Gasteiger partial charge in [0.1, 0.15) is 0 Å². The zero-order valence-electron chi connectivity index (χ0n) is 3.75. The van der Waals surface area contributed by atoms with E-state index >= 15 is 0 Å². The second kappa shape index (κ2) is 12.2. The molecule has 0 aliphatic carbocycles. The fourth-order valence-electron chi connectivity index (χ4n) is 0. The molecule has 0 radical (unpaired) electrons. The minimum Gasteiger partial charge on any atom is -0.614 e. The van der Waals surface area contributed by atoms with E-state index in [1.807, 2.05) is 0 Å². The van der Waals surface area contributed by atoms with Crippen LogP contribution in [0, 0.1) is 0 Å². The van der Waals surface area contributed by atoms with E-state index in [4.69, 9.17) is 18.9 Å². The number of hydrogen-bond acceptors (Lipinski definition) is 6. The van der Waals surface area contributed by atoms with Crippen LogP contribution in [0.25, 0.3) is 0 Å². The van der Waals surface area contributed by atoms with Gasteiger partial charge in [0.25, 0.3) is 0 Å². The SMILES string of the molecule is O=[P+]([O-])[S-].O=[P+]([O-])[S-].[Mo+4]. The van der Waals surface area contributed by atoms with Gasteiger partial charge in [0.15, 0.2) is 14.5 Å². The van der Waals surface area contributed by atoms with Crippen LogP contribution in [0.4, 0.5) is 0 Å². The molecule has 4 nitrogen and oxygen atoms in total. The van der Waals surface area contributed by atoms with E-state index in [0.717, 1.165) is 0 Å². The molecule has 0 bridgehead atoms. The van der Waals surface area contributed by atoms with E-state index in [2.05, 4.69) is 24.5 Å². The quantitative estimate of drug-likeness (QED) is 0.326. The van der Waals surface area contributed by atoms with E-state index in [1.54, 1.807) is 0 Å². The standard InChI is InChI=1S/Mo.2HO2PS/c;2*1-3(2)4/h;2*(H,1,2,4)/q+4;;/p-2. The zero-order chi connectivity index (χ0) is 7.15. The third kappa shape index (κ3) is 236. The van der Waals surface area contributed by atoms with Crippen molar-refractivity contribution < 1.29 is 40.0 Å². The fourth-order valence-corrected chi connectivity index (χ4v) is 0. The van der Waals surface area contributed by atoms with Gasteiger partial charge in [-0.15, -0.1) is 9.13 Å². The minimum absolute atomic E-state index is 0. The summed E-state index contributed by atoms with van der Waals surface area (Å²) < 4.78 is 17.7. The summed E-state index contributed by atoms with van der Waals surface area (Å²) in [6.07, 6.45) is 0. The summed E-state index contributed by atoms with van der Waals surface area (Å²) in [6.45, 7) is 0. The molecule has 2 atom stereocenters. The average molecular weight is 286 g/mol. The van der Waals surface area contributed by atoms with Gasteiger partial charge >= 0.3 is 21.1 Å². The molecule has 0 spiro atoms. The van der Waals surface area contributed by atoms with Gasteiger partial charge in [0.05, 0.1) is 0 Å². The Kier molecular flexibility index (Phi) is 22.9. The topological polar surface area (TPSA) is 80.3 Å². The van der Waals surface area contributed by atoms with Crippen LogP contribution in [-0.2, 0) is 54.7 Å². The third-order valence-corrected chi connectivity index (χ3v) is 0. The molecule has 0 saturated carbocycles. The maximum atomic E-state index is 8.85. The Hall–Kier alpha value is 1.51. The van der Waals surface area contributed by atoms with E-state index < -0.39 is 14.5 Å². The summed E-state index contributed by atoms with van der Waals surface area (Å²) in [7, 11) is -5.07. The molecule has 0 heterocycles. The molecule has 0 saturated heterocycles. The van der Waals surface area contributed by atoms with Gasteiger partial charge in [-0.25, -0.2) is 0 Å². The molecule has 0 aliphatic rings. The maximum absolute atomic E-state index is 8.85. The second-order valence-corrected chi connectivity index (χ2v) is 3.13. The van der Waals surface area contributed by atoms with Crippen molar-refractivity contribution in [1.29, 1.82) is 0 Å². The van der Waals surface area contributed by atoms with Crippen LogP contribution in [0.1, 0.15) is 0 Å². The Bertz CT molecular complexity index is 74.6. The molecule has 0 fully saturated rings. The van der Waals surface area contributed by atoms with Gasteiger partial charge in [-0.2, -0.15) is 0 Å². The average Bonchev–Trinajstić information content (AvgIpc) is 1.25. The van der Waals surface area contributed by atoms with Crippen molar-refractivity contribution in [2.75, 3.05) is 0 Å². The van der Waals surface area contributed by atoms with E-state index in [-0.39, 0.29) is 21.1 Å². The first-order valence-electron chi connectivity index (χ1n) is 1.10. The molecule has 9 heteroatoms. The second-order valence-electron chi connectivity index (χ2n) is 0.447. The largest absolute Gasteiger partial charge is 4.00 e. The molecule has 2 unspecified atom stereocenters. The molecule has 0 rings (SSSR count). The van der Waals surface area contributed by atoms with Gasteiger partial charge in [0, 0.05) is 0 Å². The van der Waals surface area contributed by atoms with Gasteiger partial charge in [-0.3, -0.25) is 0 Å². The summed E-state index contributed by atoms with van der Waals surface area (Å²) in [5, 5.41) is 0. The van der Waals surface area contributed by atoms with Gasteiger partial charge < -0.3 is 34.3 Å². The predicted molar refractivity (Wildman–Crippen MR) is 29.9 cm³/mol. The Morgan fingerprint density at radius 3 is 1.00 bits per heavy atom. The van der Waals surface area contributed by atoms with Crippen LogP contribution in [0.2, 0.25) is 0 Å². The minimum atomic E-state index is -2.54. The number of hydrogen-bond donors (Lipinski definition) is 0. The van der Waals surface area contributed by atoms with E-state index in [0.29, 0.717) is 0 Å². The maximum Gasteiger partial charge on any atom is 4.00 e. The molecular weight excluding hydrogens is 286 g/mol. The Balaban J connectivity index is -0.0000000720. The molecule has 0 amide bonds. The zero-order valence-corrected chi connectivity index (χ0v) is 9.18. The number of rotatable bonds is 0. The summed E-state index contributed by atoms with van der Waals surface area (Å²) in [5.41, 5.74) is 0. The van der Waals surface area contributed by atoms with Crippen LogP contribution in [0.15, 0.2) is 0 Å².